The number of imidazole rings is 1. The topological polar surface area (TPSA) is 120 Å². The van der Waals surface area contributed by atoms with Gasteiger partial charge in [-0.3, -0.25) is 9.67 Å². The molecule has 0 radical (unpaired) electrons. The van der Waals surface area contributed by atoms with Crippen molar-refractivity contribution in [3.63, 3.8) is 0 Å². The van der Waals surface area contributed by atoms with Gasteiger partial charge < -0.3 is 19.5 Å². The SMILES string of the molecule is C[C@H](O)c1nccn1Cc1cc(-c2ccc(C#Cc3ccc(CNCCn4cncn4)nc3)cc2)on1. The maximum Gasteiger partial charge on any atom is 0.167 e. The first kappa shape index (κ1) is 24.1. The lowest BCUT2D eigenvalue weighted by Crippen LogP contribution is -2.20. The Morgan fingerprint density at radius 1 is 1.05 bits per heavy atom. The smallest absolute Gasteiger partial charge is 0.167 e. The summed E-state index contributed by atoms with van der Waals surface area (Å²) in [5.41, 5.74) is 4.36. The molecule has 0 unspecified atom stereocenters. The summed E-state index contributed by atoms with van der Waals surface area (Å²) in [6.07, 6.45) is 7.84. The van der Waals surface area contributed by atoms with Crippen molar-refractivity contribution < 1.29 is 9.63 Å². The Bertz CT molecular complexity index is 1470. The number of pyridine rings is 1. The molecule has 0 aliphatic carbocycles. The molecule has 10 heteroatoms. The second kappa shape index (κ2) is 11.4. The van der Waals surface area contributed by atoms with Crippen LogP contribution in [0.1, 0.15) is 41.4 Å². The molecule has 0 aliphatic heterocycles. The van der Waals surface area contributed by atoms with E-state index in [9.17, 15) is 5.11 Å². The molecule has 1 atom stereocenters. The van der Waals surface area contributed by atoms with Crippen LogP contribution in [0.25, 0.3) is 11.3 Å². The quantitative estimate of drug-likeness (QED) is 0.237. The highest BCUT2D eigenvalue weighted by Crippen LogP contribution is 2.22. The van der Waals surface area contributed by atoms with Gasteiger partial charge in [-0.05, 0) is 43.3 Å². The first-order chi connectivity index (χ1) is 18.1. The molecule has 10 nitrogen and oxygen atoms in total. The molecule has 186 valence electrons. The summed E-state index contributed by atoms with van der Waals surface area (Å²) in [4.78, 5) is 12.6. The summed E-state index contributed by atoms with van der Waals surface area (Å²) < 4.78 is 9.17. The zero-order chi connectivity index (χ0) is 25.5. The molecule has 4 heterocycles. The summed E-state index contributed by atoms with van der Waals surface area (Å²) in [6.45, 7) is 4.38. The molecule has 2 N–H and O–H groups in total. The highest BCUT2D eigenvalue weighted by molar-refractivity contribution is 5.59. The minimum atomic E-state index is -0.651. The number of hydrogen-bond acceptors (Lipinski definition) is 8. The number of rotatable bonds is 9. The van der Waals surface area contributed by atoms with Crippen molar-refractivity contribution in [2.75, 3.05) is 6.54 Å². The van der Waals surface area contributed by atoms with Gasteiger partial charge in [-0.25, -0.2) is 9.97 Å². The molecule has 5 rings (SSSR count). The second-order valence-corrected chi connectivity index (χ2v) is 8.47. The third kappa shape index (κ3) is 6.35. The van der Waals surface area contributed by atoms with Gasteiger partial charge in [-0.2, -0.15) is 5.10 Å². The van der Waals surface area contributed by atoms with Crippen LogP contribution in [0.5, 0.6) is 0 Å². The summed E-state index contributed by atoms with van der Waals surface area (Å²) in [7, 11) is 0. The molecule has 0 aliphatic rings. The monoisotopic (exact) mass is 494 g/mol. The fourth-order valence-corrected chi connectivity index (χ4v) is 3.74. The van der Waals surface area contributed by atoms with Gasteiger partial charge in [0.25, 0.3) is 0 Å². The standard InChI is InChI=1S/C27H26N8O2/c1-20(36)27-30-11-12-34(27)17-25-14-26(37-33-25)23-7-4-21(5-8-23)2-3-22-6-9-24(31-15-22)16-28-10-13-35-19-29-18-32-35/h4-9,11-12,14-15,18-20,28,36H,10,13,16-17H2,1H3/t20-/m0/s1. The van der Waals surface area contributed by atoms with E-state index in [4.69, 9.17) is 4.52 Å². The minimum Gasteiger partial charge on any atom is -0.385 e. The highest BCUT2D eigenvalue weighted by Gasteiger charge is 2.12. The molecule has 0 fully saturated rings. The molecular formula is C27H26N8O2. The molecule has 5 aromatic rings. The molecule has 0 saturated carbocycles. The lowest BCUT2D eigenvalue weighted by Gasteiger charge is -2.07. The average molecular weight is 495 g/mol. The van der Waals surface area contributed by atoms with E-state index in [1.807, 2.05) is 53.2 Å². The summed E-state index contributed by atoms with van der Waals surface area (Å²) in [6, 6.07) is 13.7. The van der Waals surface area contributed by atoms with Gasteiger partial charge in [0.2, 0.25) is 0 Å². The van der Waals surface area contributed by atoms with E-state index in [-0.39, 0.29) is 0 Å². The van der Waals surface area contributed by atoms with Crippen molar-refractivity contribution in [1.82, 2.24) is 39.8 Å². The van der Waals surface area contributed by atoms with Crippen molar-refractivity contribution >= 4 is 0 Å². The van der Waals surface area contributed by atoms with Gasteiger partial charge in [0.1, 0.15) is 30.3 Å². The van der Waals surface area contributed by atoms with Crippen LogP contribution in [0.3, 0.4) is 0 Å². The van der Waals surface area contributed by atoms with Gasteiger partial charge in [-0.15, -0.1) is 0 Å². The molecule has 1 aromatic carbocycles. The molecule has 0 saturated heterocycles. The summed E-state index contributed by atoms with van der Waals surface area (Å²) in [5.74, 6) is 7.60. The molecule has 4 aromatic heterocycles. The minimum absolute atomic E-state index is 0.471. The zero-order valence-electron chi connectivity index (χ0n) is 20.3. The number of nitrogens with zero attached hydrogens (tertiary/aromatic N) is 7. The van der Waals surface area contributed by atoms with Gasteiger partial charge in [0.05, 0.1) is 18.8 Å². The Hall–Kier alpha value is -4.59. The Balaban J connectivity index is 1.14. The van der Waals surface area contributed by atoms with Crippen molar-refractivity contribution in [3.8, 4) is 23.2 Å². The van der Waals surface area contributed by atoms with Crippen LogP contribution >= 0.6 is 0 Å². The van der Waals surface area contributed by atoms with E-state index in [2.05, 4.69) is 42.4 Å². The number of aliphatic hydroxyl groups excluding tert-OH is 1. The van der Waals surface area contributed by atoms with Crippen LogP contribution in [0, 0.1) is 11.8 Å². The largest absolute Gasteiger partial charge is 0.385 e. The predicted molar refractivity (Wildman–Crippen MR) is 136 cm³/mol. The molecule has 0 spiro atoms. The van der Waals surface area contributed by atoms with Crippen molar-refractivity contribution in [3.05, 3.63) is 102 Å². The maximum absolute atomic E-state index is 9.83. The van der Waals surface area contributed by atoms with Gasteiger partial charge in [0.15, 0.2) is 5.76 Å². The van der Waals surface area contributed by atoms with E-state index in [0.29, 0.717) is 24.7 Å². The van der Waals surface area contributed by atoms with Gasteiger partial charge >= 0.3 is 0 Å². The van der Waals surface area contributed by atoms with Gasteiger partial charge in [-0.1, -0.05) is 17.0 Å². The Morgan fingerprint density at radius 3 is 2.65 bits per heavy atom. The van der Waals surface area contributed by atoms with Gasteiger partial charge in [0, 0.05) is 54.4 Å². The van der Waals surface area contributed by atoms with E-state index < -0.39 is 6.10 Å². The summed E-state index contributed by atoms with van der Waals surface area (Å²) in [5, 5.41) is 21.4. The van der Waals surface area contributed by atoms with Crippen molar-refractivity contribution in [2.24, 2.45) is 0 Å². The zero-order valence-corrected chi connectivity index (χ0v) is 20.3. The molecular weight excluding hydrogens is 468 g/mol. The lowest BCUT2D eigenvalue weighted by molar-refractivity contribution is 0.184. The average Bonchev–Trinajstić information content (AvgIpc) is 3.69. The third-order valence-electron chi connectivity index (χ3n) is 5.65. The number of aromatic nitrogens is 7. The van der Waals surface area contributed by atoms with Crippen molar-refractivity contribution in [1.29, 1.82) is 0 Å². The van der Waals surface area contributed by atoms with E-state index in [0.717, 1.165) is 41.2 Å². The second-order valence-electron chi connectivity index (χ2n) is 8.47. The van der Waals surface area contributed by atoms with Crippen LogP contribution < -0.4 is 5.32 Å². The number of nitrogens with one attached hydrogen (secondary N) is 1. The fraction of sp³-hybridized carbons (Fsp3) is 0.222. The third-order valence-corrected chi connectivity index (χ3v) is 5.65. The fourth-order valence-electron chi connectivity index (χ4n) is 3.74. The number of hydrogen-bond donors (Lipinski definition) is 2. The number of aliphatic hydroxyl groups is 1. The first-order valence-corrected chi connectivity index (χ1v) is 11.9. The lowest BCUT2D eigenvalue weighted by atomic mass is 10.1. The number of benzene rings is 1. The molecule has 0 amide bonds. The van der Waals surface area contributed by atoms with E-state index in [1.54, 1.807) is 30.3 Å². The normalized spacial score (nSPS) is 11.7. The predicted octanol–water partition coefficient (Wildman–Crippen LogP) is 2.82. The molecule has 37 heavy (non-hydrogen) atoms. The van der Waals surface area contributed by atoms with Crippen LogP contribution in [0.15, 0.2) is 78.2 Å². The highest BCUT2D eigenvalue weighted by atomic mass is 16.5. The Labute approximate surface area is 214 Å². The van der Waals surface area contributed by atoms with E-state index in [1.165, 1.54) is 6.33 Å². The molecule has 0 bridgehead atoms. The summed E-state index contributed by atoms with van der Waals surface area (Å²) >= 11 is 0. The van der Waals surface area contributed by atoms with Crippen LogP contribution in [-0.4, -0.2) is 46.1 Å². The van der Waals surface area contributed by atoms with Crippen LogP contribution in [0.4, 0.5) is 0 Å². The van der Waals surface area contributed by atoms with E-state index >= 15 is 0 Å². The van der Waals surface area contributed by atoms with Crippen molar-refractivity contribution in [2.45, 2.75) is 32.7 Å². The van der Waals surface area contributed by atoms with Crippen LogP contribution in [-0.2, 0) is 19.6 Å². The Kier molecular flexibility index (Phi) is 7.45. The Morgan fingerprint density at radius 2 is 1.89 bits per heavy atom. The first-order valence-electron chi connectivity index (χ1n) is 11.9. The maximum atomic E-state index is 9.83. The van der Waals surface area contributed by atoms with Crippen LogP contribution in [0.2, 0.25) is 0 Å².